The van der Waals surface area contributed by atoms with E-state index >= 15 is 0 Å². The van der Waals surface area contributed by atoms with E-state index in [0.29, 0.717) is 17.8 Å². The minimum atomic E-state index is -3.80. The molecule has 10 heteroatoms. The summed E-state index contributed by atoms with van der Waals surface area (Å²) < 4.78 is 33.0. The Morgan fingerprint density at radius 1 is 1.17 bits per heavy atom. The van der Waals surface area contributed by atoms with Gasteiger partial charge in [0.05, 0.1) is 22.8 Å². The second kappa shape index (κ2) is 9.90. The fourth-order valence-electron chi connectivity index (χ4n) is 3.96. The molecule has 0 saturated carbocycles. The van der Waals surface area contributed by atoms with Crippen LogP contribution in [0.3, 0.4) is 0 Å². The maximum absolute atomic E-state index is 13.3. The van der Waals surface area contributed by atoms with Gasteiger partial charge in [-0.3, -0.25) is 9.10 Å². The molecule has 1 aliphatic heterocycles. The first-order valence-electron chi connectivity index (χ1n) is 11.0. The van der Waals surface area contributed by atoms with Gasteiger partial charge in [0, 0.05) is 12.1 Å². The fraction of sp³-hybridized carbons (Fsp3) is 0.240. The molecule has 1 aliphatic rings. The number of aryl methyl sites for hydroxylation is 1. The summed E-state index contributed by atoms with van der Waals surface area (Å²) in [5, 5.41) is 12.4. The van der Waals surface area contributed by atoms with Crippen molar-refractivity contribution in [1.82, 2.24) is 0 Å². The van der Waals surface area contributed by atoms with Gasteiger partial charge in [-0.25, -0.2) is 13.2 Å². The summed E-state index contributed by atoms with van der Waals surface area (Å²) in [5.74, 6) is -1.08. The Hall–Kier alpha value is -3.68. The summed E-state index contributed by atoms with van der Waals surface area (Å²) in [6.07, 6.45) is 1.55. The van der Waals surface area contributed by atoms with Crippen molar-refractivity contribution in [3.63, 3.8) is 0 Å². The van der Waals surface area contributed by atoms with Crippen molar-refractivity contribution in [1.29, 1.82) is 5.26 Å². The summed E-state index contributed by atoms with van der Waals surface area (Å²) in [6, 6.07) is 15.1. The molecule has 3 aromatic rings. The molecule has 0 atom stereocenters. The van der Waals surface area contributed by atoms with Gasteiger partial charge >= 0.3 is 5.97 Å². The van der Waals surface area contributed by atoms with Crippen molar-refractivity contribution < 1.29 is 22.7 Å². The number of nitriles is 1. The molecule has 35 heavy (non-hydrogen) atoms. The molecule has 0 radical (unpaired) electrons. The second-order valence-electron chi connectivity index (χ2n) is 7.88. The highest BCUT2D eigenvalue weighted by Crippen LogP contribution is 2.34. The van der Waals surface area contributed by atoms with E-state index in [4.69, 9.17) is 4.74 Å². The Morgan fingerprint density at radius 2 is 1.89 bits per heavy atom. The topological polar surface area (TPSA) is 117 Å². The summed E-state index contributed by atoms with van der Waals surface area (Å²) in [7, 11) is -3.80. The van der Waals surface area contributed by atoms with Crippen LogP contribution in [0.25, 0.3) is 0 Å². The first-order chi connectivity index (χ1) is 16.8. The van der Waals surface area contributed by atoms with Gasteiger partial charge < -0.3 is 10.1 Å². The van der Waals surface area contributed by atoms with E-state index in [9.17, 15) is 23.3 Å². The number of nitrogens with one attached hydrogen (secondary N) is 1. The number of para-hydroxylation sites is 1. The van der Waals surface area contributed by atoms with E-state index in [-0.39, 0.29) is 32.5 Å². The van der Waals surface area contributed by atoms with Gasteiger partial charge in [0.2, 0.25) is 0 Å². The summed E-state index contributed by atoms with van der Waals surface area (Å²) >= 11 is 0.970. The normalized spacial score (nSPS) is 13.0. The number of esters is 1. The zero-order chi connectivity index (χ0) is 25.2. The van der Waals surface area contributed by atoms with Gasteiger partial charge in [-0.05, 0) is 68.1 Å². The predicted octanol–water partition coefficient (Wildman–Crippen LogP) is 4.50. The van der Waals surface area contributed by atoms with Crippen LogP contribution in [-0.2, 0) is 21.2 Å². The van der Waals surface area contributed by atoms with Crippen molar-refractivity contribution >= 4 is 43.9 Å². The molecule has 0 aliphatic carbocycles. The number of anilines is 2. The van der Waals surface area contributed by atoms with Gasteiger partial charge in [-0.1, -0.05) is 18.2 Å². The molecule has 0 fully saturated rings. The Bertz CT molecular complexity index is 1440. The molecule has 4 rings (SSSR count). The molecule has 0 bridgehead atoms. The van der Waals surface area contributed by atoms with Crippen molar-refractivity contribution in [3.05, 3.63) is 75.7 Å². The van der Waals surface area contributed by atoms with Crippen LogP contribution in [0.15, 0.2) is 53.4 Å². The van der Waals surface area contributed by atoms with Gasteiger partial charge in [0.1, 0.15) is 15.9 Å². The lowest BCUT2D eigenvalue weighted by Crippen LogP contribution is -2.35. The van der Waals surface area contributed by atoms with Crippen molar-refractivity contribution in [2.24, 2.45) is 0 Å². The summed E-state index contributed by atoms with van der Waals surface area (Å²) in [5.41, 5.74) is 2.51. The fourth-order valence-corrected chi connectivity index (χ4v) is 6.54. The van der Waals surface area contributed by atoms with Gasteiger partial charge in [0.15, 0.2) is 0 Å². The van der Waals surface area contributed by atoms with Crippen LogP contribution in [-0.4, -0.2) is 33.4 Å². The van der Waals surface area contributed by atoms with Crippen molar-refractivity contribution in [3.8, 4) is 6.07 Å². The van der Waals surface area contributed by atoms with Crippen LogP contribution in [0.2, 0.25) is 0 Å². The molecule has 8 nitrogen and oxygen atoms in total. The van der Waals surface area contributed by atoms with E-state index < -0.39 is 21.9 Å². The zero-order valence-corrected chi connectivity index (χ0v) is 20.8. The number of rotatable bonds is 6. The molecule has 0 unspecified atom stereocenters. The van der Waals surface area contributed by atoms with Gasteiger partial charge in [-0.15, -0.1) is 11.3 Å². The Balaban J connectivity index is 1.56. The molecule has 0 spiro atoms. The van der Waals surface area contributed by atoms with E-state index in [1.54, 1.807) is 19.9 Å². The monoisotopic (exact) mass is 509 g/mol. The molecule has 1 aromatic heterocycles. The number of hydrogen-bond donors (Lipinski definition) is 1. The second-order valence-corrected chi connectivity index (χ2v) is 10.8. The molecule has 2 aromatic carbocycles. The van der Waals surface area contributed by atoms with E-state index in [2.05, 4.69) is 5.32 Å². The predicted molar refractivity (Wildman–Crippen MR) is 133 cm³/mol. The third-order valence-electron chi connectivity index (χ3n) is 5.72. The highest BCUT2D eigenvalue weighted by atomic mass is 32.2. The number of carbonyl (C=O) groups excluding carboxylic acids is 2. The largest absolute Gasteiger partial charge is 0.462 e. The maximum Gasteiger partial charge on any atom is 0.348 e. The number of hydrogen-bond acceptors (Lipinski definition) is 7. The third-order valence-corrected chi connectivity index (χ3v) is 8.73. The molecular weight excluding hydrogens is 486 g/mol. The van der Waals surface area contributed by atoms with Crippen LogP contribution in [0, 0.1) is 18.3 Å². The van der Waals surface area contributed by atoms with Crippen molar-refractivity contribution in [2.75, 3.05) is 22.8 Å². The van der Waals surface area contributed by atoms with Crippen LogP contribution in [0.4, 0.5) is 10.7 Å². The average molecular weight is 510 g/mol. The molecule has 1 N–H and O–H groups in total. The lowest BCUT2D eigenvalue weighted by molar-refractivity contribution is 0.0531. The molecule has 2 heterocycles. The number of amides is 1. The summed E-state index contributed by atoms with van der Waals surface area (Å²) in [4.78, 5) is 25.3. The van der Waals surface area contributed by atoms with Crippen LogP contribution in [0.1, 0.15) is 50.1 Å². The van der Waals surface area contributed by atoms with Crippen molar-refractivity contribution in [2.45, 2.75) is 31.6 Å². The molecule has 1 amide bonds. The highest BCUT2D eigenvalue weighted by molar-refractivity contribution is 7.92. The van der Waals surface area contributed by atoms with Gasteiger partial charge in [0.25, 0.3) is 15.9 Å². The smallest absolute Gasteiger partial charge is 0.348 e. The van der Waals surface area contributed by atoms with Gasteiger partial charge in [-0.2, -0.15) is 5.26 Å². The summed E-state index contributed by atoms with van der Waals surface area (Å²) in [6.45, 7) is 3.88. The number of thiophene rings is 1. The van der Waals surface area contributed by atoms with E-state index in [1.165, 1.54) is 28.6 Å². The van der Waals surface area contributed by atoms with Crippen LogP contribution in [0.5, 0.6) is 0 Å². The number of benzene rings is 2. The molecule has 180 valence electrons. The average Bonchev–Trinajstić information content (AvgIpc) is 3.18. The lowest BCUT2D eigenvalue weighted by atomic mass is 10.0. The number of nitrogens with zero attached hydrogens (tertiary/aromatic N) is 2. The van der Waals surface area contributed by atoms with Crippen LogP contribution < -0.4 is 9.62 Å². The molecular formula is C25H23N3O5S2. The lowest BCUT2D eigenvalue weighted by Gasteiger charge is -2.30. The number of ether oxygens (including phenoxy) is 1. The number of carbonyl (C=O) groups is 2. The molecule has 0 saturated heterocycles. The van der Waals surface area contributed by atoms with Crippen LogP contribution >= 0.6 is 11.3 Å². The standard InChI is InChI=1S/C25H23N3O5S2/c1-3-33-25(30)22-16(2)20(15-26)24(34-22)27-23(29)18-10-12-19(13-11-18)35(31,32)28-14-6-8-17-7-4-5-9-21(17)28/h4-5,7,9-13H,3,6,8,14H2,1-2H3,(H,27,29). The maximum atomic E-state index is 13.3. The minimum absolute atomic E-state index is 0.0834. The first kappa shape index (κ1) is 24.4. The first-order valence-corrected chi connectivity index (χ1v) is 13.3. The van der Waals surface area contributed by atoms with E-state index in [1.807, 2.05) is 24.3 Å². The third kappa shape index (κ3) is 4.65. The Kier molecular flexibility index (Phi) is 6.91. The Labute approximate surface area is 207 Å². The SMILES string of the molecule is CCOC(=O)c1sc(NC(=O)c2ccc(S(=O)(=O)N3CCCc4ccccc43)cc2)c(C#N)c1C. The zero-order valence-electron chi connectivity index (χ0n) is 19.2. The minimum Gasteiger partial charge on any atom is -0.462 e. The quantitative estimate of drug-likeness (QED) is 0.489. The van der Waals surface area contributed by atoms with E-state index in [0.717, 1.165) is 29.7 Å². The highest BCUT2D eigenvalue weighted by Gasteiger charge is 2.29. The Morgan fingerprint density at radius 3 is 2.57 bits per heavy atom. The number of fused-ring (bicyclic) bond motifs is 1. The number of sulfonamides is 1.